The lowest BCUT2D eigenvalue weighted by Gasteiger charge is -2.00. The fraction of sp³-hybridized carbons (Fsp3) is 0.222. The number of hydrogen-bond donors (Lipinski definition) is 1. The number of Topliss-reactive ketones (excluding diaryl/α,β-unsaturated/α-hetero) is 1. The first-order chi connectivity index (χ1) is 6.16. The van der Waals surface area contributed by atoms with Crippen LogP contribution in [-0.2, 0) is 0 Å². The van der Waals surface area contributed by atoms with Crippen LogP contribution in [0, 0.1) is 0 Å². The normalized spacial score (nSPS) is 9.62. The van der Waals surface area contributed by atoms with Gasteiger partial charge in [0.25, 0.3) is 0 Å². The van der Waals surface area contributed by atoms with Gasteiger partial charge in [-0.2, -0.15) is 0 Å². The Balaban J connectivity index is 3.19. The van der Waals surface area contributed by atoms with Gasteiger partial charge in [-0.15, -0.1) is 0 Å². The zero-order chi connectivity index (χ0) is 9.84. The zero-order valence-corrected chi connectivity index (χ0v) is 7.15. The molecule has 68 valence electrons. The number of rotatable bonds is 3. The van der Waals surface area contributed by atoms with Crippen molar-refractivity contribution in [3.63, 3.8) is 0 Å². The molecule has 0 aliphatic rings. The lowest BCUT2D eigenvalue weighted by molar-refractivity contribution is 0.0691. The second kappa shape index (κ2) is 3.80. The highest BCUT2D eigenvalue weighted by molar-refractivity contribution is 6.04. The number of nitrogens with zero attached hydrogens (tertiary/aromatic N) is 1. The van der Waals surface area contributed by atoms with Gasteiger partial charge in [-0.3, -0.25) is 9.78 Å². The third-order valence-electron chi connectivity index (χ3n) is 1.62. The summed E-state index contributed by atoms with van der Waals surface area (Å²) in [6.45, 7) is 1.67. The predicted octanol–water partition coefficient (Wildman–Crippen LogP) is 1.37. The fourth-order valence-electron chi connectivity index (χ4n) is 0.968. The molecule has 0 spiro atoms. The van der Waals surface area contributed by atoms with Gasteiger partial charge in [0.2, 0.25) is 0 Å². The van der Waals surface area contributed by atoms with E-state index in [2.05, 4.69) is 4.98 Å². The Hall–Kier alpha value is -1.71. The summed E-state index contributed by atoms with van der Waals surface area (Å²) in [6.07, 6.45) is 1.67. The first kappa shape index (κ1) is 9.38. The SMILES string of the molecule is CCC(=O)c1ncccc1C(=O)O. The first-order valence-corrected chi connectivity index (χ1v) is 3.88. The highest BCUT2D eigenvalue weighted by Gasteiger charge is 2.15. The van der Waals surface area contributed by atoms with Crippen LogP contribution in [0.2, 0.25) is 0 Å². The van der Waals surface area contributed by atoms with Crippen molar-refractivity contribution in [2.24, 2.45) is 0 Å². The highest BCUT2D eigenvalue weighted by Crippen LogP contribution is 2.07. The van der Waals surface area contributed by atoms with Gasteiger partial charge in [0.15, 0.2) is 5.78 Å². The summed E-state index contributed by atoms with van der Waals surface area (Å²) in [4.78, 5) is 25.6. The Morgan fingerprint density at radius 1 is 1.54 bits per heavy atom. The molecule has 0 atom stereocenters. The van der Waals surface area contributed by atoms with E-state index >= 15 is 0 Å². The van der Waals surface area contributed by atoms with Crippen molar-refractivity contribution < 1.29 is 14.7 Å². The van der Waals surface area contributed by atoms with Crippen molar-refractivity contribution in [1.82, 2.24) is 4.98 Å². The number of hydrogen-bond acceptors (Lipinski definition) is 3. The summed E-state index contributed by atoms with van der Waals surface area (Å²) in [6, 6.07) is 2.87. The molecule has 0 aromatic carbocycles. The minimum Gasteiger partial charge on any atom is -0.478 e. The van der Waals surface area contributed by atoms with Gasteiger partial charge in [0, 0.05) is 12.6 Å². The van der Waals surface area contributed by atoms with Crippen LogP contribution in [0.15, 0.2) is 18.3 Å². The Kier molecular flexibility index (Phi) is 2.74. The number of ketones is 1. The van der Waals surface area contributed by atoms with Crippen LogP contribution in [0.25, 0.3) is 0 Å². The Morgan fingerprint density at radius 3 is 2.77 bits per heavy atom. The lowest BCUT2D eigenvalue weighted by atomic mass is 10.1. The van der Waals surface area contributed by atoms with Gasteiger partial charge in [0.1, 0.15) is 5.69 Å². The lowest BCUT2D eigenvalue weighted by Crippen LogP contribution is -2.09. The molecule has 0 saturated heterocycles. The maximum Gasteiger partial charge on any atom is 0.338 e. The molecule has 0 radical (unpaired) electrons. The van der Waals surface area contributed by atoms with Crippen LogP contribution in [0.5, 0.6) is 0 Å². The monoisotopic (exact) mass is 179 g/mol. The maximum absolute atomic E-state index is 11.2. The smallest absolute Gasteiger partial charge is 0.338 e. The molecule has 1 aromatic heterocycles. The molecule has 1 N–H and O–H groups in total. The van der Waals surface area contributed by atoms with E-state index in [1.54, 1.807) is 6.92 Å². The molecular weight excluding hydrogens is 170 g/mol. The molecule has 0 aliphatic carbocycles. The van der Waals surface area contributed by atoms with E-state index in [1.165, 1.54) is 18.3 Å². The zero-order valence-electron chi connectivity index (χ0n) is 7.15. The molecule has 4 nitrogen and oxygen atoms in total. The van der Waals surface area contributed by atoms with Crippen LogP contribution in [-0.4, -0.2) is 21.8 Å². The predicted molar refractivity (Wildman–Crippen MR) is 45.8 cm³/mol. The second-order valence-corrected chi connectivity index (χ2v) is 2.48. The molecular formula is C9H9NO3. The van der Waals surface area contributed by atoms with E-state index in [9.17, 15) is 9.59 Å². The van der Waals surface area contributed by atoms with Gasteiger partial charge in [-0.05, 0) is 12.1 Å². The number of pyridine rings is 1. The topological polar surface area (TPSA) is 67.3 Å². The van der Waals surface area contributed by atoms with E-state index in [0.29, 0.717) is 0 Å². The molecule has 0 bridgehead atoms. The van der Waals surface area contributed by atoms with Crippen LogP contribution < -0.4 is 0 Å². The summed E-state index contributed by atoms with van der Waals surface area (Å²) in [7, 11) is 0. The van der Waals surface area contributed by atoms with Crippen molar-refractivity contribution in [2.45, 2.75) is 13.3 Å². The molecule has 4 heteroatoms. The molecule has 0 aliphatic heterocycles. The van der Waals surface area contributed by atoms with Gasteiger partial charge < -0.3 is 5.11 Å². The molecule has 13 heavy (non-hydrogen) atoms. The van der Waals surface area contributed by atoms with Crippen molar-refractivity contribution in [1.29, 1.82) is 0 Å². The molecule has 1 aromatic rings. The van der Waals surface area contributed by atoms with Crippen molar-refractivity contribution >= 4 is 11.8 Å². The molecule has 0 saturated carbocycles. The second-order valence-electron chi connectivity index (χ2n) is 2.48. The first-order valence-electron chi connectivity index (χ1n) is 3.88. The molecule has 1 rings (SSSR count). The Bertz CT molecular complexity index is 346. The van der Waals surface area contributed by atoms with E-state index in [0.717, 1.165) is 0 Å². The molecule has 0 unspecified atom stereocenters. The number of aromatic nitrogens is 1. The largest absolute Gasteiger partial charge is 0.478 e. The molecule has 1 heterocycles. The number of carboxylic acid groups (broad SMARTS) is 1. The van der Waals surface area contributed by atoms with Crippen LogP contribution >= 0.6 is 0 Å². The minimum absolute atomic E-state index is 0.0330. The number of carboxylic acids is 1. The van der Waals surface area contributed by atoms with Gasteiger partial charge in [-0.25, -0.2) is 4.79 Å². The molecule has 0 amide bonds. The fourth-order valence-corrected chi connectivity index (χ4v) is 0.968. The average Bonchev–Trinajstić information content (AvgIpc) is 2.16. The van der Waals surface area contributed by atoms with Crippen LogP contribution in [0.1, 0.15) is 34.2 Å². The molecule has 0 fully saturated rings. The number of carbonyl (C=O) groups is 2. The third kappa shape index (κ3) is 1.90. The highest BCUT2D eigenvalue weighted by atomic mass is 16.4. The summed E-state index contributed by atoms with van der Waals surface area (Å²) < 4.78 is 0. The van der Waals surface area contributed by atoms with E-state index in [1.807, 2.05) is 0 Å². The maximum atomic E-state index is 11.2. The summed E-state index contributed by atoms with van der Waals surface area (Å²) in [5.41, 5.74) is 0.00634. The van der Waals surface area contributed by atoms with E-state index in [-0.39, 0.29) is 23.5 Å². The quantitative estimate of drug-likeness (QED) is 0.711. The van der Waals surface area contributed by atoms with E-state index < -0.39 is 5.97 Å². The van der Waals surface area contributed by atoms with Crippen LogP contribution in [0.3, 0.4) is 0 Å². The number of aromatic carboxylic acids is 1. The summed E-state index contributed by atoms with van der Waals surface area (Å²) >= 11 is 0. The van der Waals surface area contributed by atoms with Gasteiger partial charge in [0.05, 0.1) is 5.56 Å². The van der Waals surface area contributed by atoms with Gasteiger partial charge >= 0.3 is 5.97 Å². The van der Waals surface area contributed by atoms with Crippen molar-refractivity contribution in [3.05, 3.63) is 29.6 Å². The Labute approximate surface area is 75.2 Å². The third-order valence-corrected chi connectivity index (χ3v) is 1.62. The number of carbonyl (C=O) groups excluding carboxylic acids is 1. The Morgan fingerprint density at radius 2 is 2.23 bits per heavy atom. The van der Waals surface area contributed by atoms with Crippen molar-refractivity contribution in [3.8, 4) is 0 Å². The van der Waals surface area contributed by atoms with Crippen molar-refractivity contribution in [2.75, 3.05) is 0 Å². The summed E-state index contributed by atoms with van der Waals surface area (Å²) in [5.74, 6) is -1.37. The van der Waals surface area contributed by atoms with E-state index in [4.69, 9.17) is 5.11 Å². The van der Waals surface area contributed by atoms with Gasteiger partial charge in [-0.1, -0.05) is 6.92 Å². The average molecular weight is 179 g/mol. The summed E-state index contributed by atoms with van der Waals surface area (Å²) in [5, 5.41) is 8.72. The van der Waals surface area contributed by atoms with Crippen LogP contribution in [0.4, 0.5) is 0 Å². The minimum atomic E-state index is -1.12. The standard InChI is InChI=1S/C9H9NO3/c1-2-7(11)8-6(9(12)13)4-3-5-10-8/h3-5H,2H2,1H3,(H,12,13).